The fraction of sp³-hybridized carbons (Fsp3) is 0.833. The highest BCUT2D eigenvalue weighted by Crippen LogP contribution is 2.22. The molecule has 0 unspecified atom stereocenters. The molecule has 0 aliphatic carbocycles. The second-order valence-electron chi connectivity index (χ2n) is 5.29. The van der Waals surface area contributed by atoms with E-state index in [4.69, 9.17) is 4.74 Å². The number of rotatable bonds is 5. The first kappa shape index (κ1) is 13.7. The van der Waals surface area contributed by atoms with Crippen LogP contribution in [0.2, 0.25) is 0 Å². The zero-order valence-corrected chi connectivity index (χ0v) is 12.2. The number of aromatic nitrogens is 2. The SMILES string of the molecule is CCCNc1snnc1CN1CCOC(C)(C)C1. The molecule has 0 bridgehead atoms. The normalized spacial score (nSPS) is 19.9. The summed E-state index contributed by atoms with van der Waals surface area (Å²) in [6.45, 7) is 11.0. The highest BCUT2D eigenvalue weighted by molar-refractivity contribution is 7.10. The molecule has 0 aromatic carbocycles. The van der Waals surface area contributed by atoms with Crippen LogP contribution in [0.3, 0.4) is 0 Å². The molecular weight excluding hydrogens is 248 g/mol. The lowest BCUT2D eigenvalue weighted by Crippen LogP contribution is -2.47. The maximum Gasteiger partial charge on any atom is 0.134 e. The van der Waals surface area contributed by atoms with E-state index < -0.39 is 0 Å². The van der Waals surface area contributed by atoms with Gasteiger partial charge in [-0.15, -0.1) is 5.10 Å². The Labute approximate surface area is 113 Å². The number of hydrogen-bond donors (Lipinski definition) is 1. The predicted molar refractivity (Wildman–Crippen MR) is 74.0 cm³/mol. The van der Waals surface area contributed by atoms with Crippen molar-refractivity contribution in [1.82, 2.24) is 14.5 Å². The average molecular weight is 270 g/mol. The van der Waals surface area contributed by atoms with Crippen molar-refractivity contribution in [1.29, 1.82) is 0 Å². The van der Waals surface area contributed by atoms with Gasteiger partial charge in [-0.05, 0) is 20.3 Å². The molecule has 0 atom stereocenters. The first-order chi connectivity index (χ1) is 8.61. The molecule has 2 rings (SSSR count). The van der Waals surface area contributed by atoms with Gasteiger partial charge in [-0.3, -0.25) is 4.90 Å². The first-order valence-electron chi connectivity index (χ1n) is 6.52. The van der Waals surface area contributed by atoms with Crippen LogP contribution in [0.25, 0.3) is 0 Å². The summed E-state index contributed by atoms with van der Waals surface area (Å²) in [6, 6.07) is 0. The van der Waals surface area contributed by atoms with Crippen molar-refractivity contribution in [2.24, 2.45) is 0 Å². The van der Waals surface area contributed by atoms with E-state index in [1.54, 1.807) is 0 Å². The summed E-state index contributed by atoms with van der Waals surface area (Å²) < 4.78 is 9.77. The van der Waals surface area contributed by atoms with Crippen LogP contribution in [0.1, 0.15) is 32.9 Å². The monoisotopic (exact) mass is 270 g/mol. The highest BCUT2D eigenvalue weighted by atomic mass is 32.1. The Bertz CT molecular complexity index is 380. The molecule has 1 aromatic heterocycles. The third kappa shape index (κ3) is 3.63. The molecule has 1 fully saturated rings. The zero-order chi connectivity index (χ0) is 13.0. The van der Waals surface area contributed by atoms with E-state index in [1.165, 1.54) is 11.5 Å². The van der Waals surface area contributed by atoms with Crippen molar-refractivity contribution in [3.63, 3.8) is 0 Å². The van der Waals surface area contributed by atoms with Gasteiger partial charge in [0.15, 0.2) is 0 Å². The predicted octanol–water partition coefficient (Wildman–Crippen LogP) is 1.97. The maximum absolute atomic E-state index is 5.72. The number of ether oxygens (including phenoxy) is 1. The minimum atomic E-state index is -0.0568. The summed E-state index contributed by atoms with van der Waals surface area (Å²) in [4.78, 5) is 2.39. The zero-order valence-electron chi connectivity index (χ0n) is 11.4. The van der Waals surface area contributed by atoms with Crippen molar-refractivity contribution in [3.8, 4) is 0 Å². The average Bonchev–Trinajstić information content (AvgIpc) is 2.72. The van der Waals surface area contributed by atoms with Gasteiger partial charge in [0.05, 0.1) is 12.2 Å². The van der Waals surface area contributed by atoms with Gasteiger partial charge in [0, 0.05) is 37.7 Å². The summed E-state index contributed by atoms with van der Waals surface area (Å²) in [5.41, 5.74) is 1.00. The third-order valence-corrected chi connectivity index (χ3v) is 3.70. The lowest BCUT2D eigenvalue weighted by Gasteiger charge is -2.37. The first-order valence-corrected chi connectivity index (χ1v) is 7.29. The fourth-order valence-corrected chi connectivity index (χ4v) is 2.74. The van der Waals surface area contributed by atoms with Crippen LogP contribution in [0.5, 0.6) is 0 Å². The topological polar surface area (TPSA) is 50.3 Å². The molecule has 0 spiro atoms. The molecule has 0 radical (unpaired) electrons. The van der Waals surface area contributed by atoms with Crippen LogP contribution >= 0.6 is 11.5 Å². The van der Waals surface area contributed by atoms with E-state index in [-0.39, 0.29) is 5.60 Å². The van der Waals surface area contributed by atoms with E-state index in [9.17, 15) is 0 Å². The summed E-state index contributed by atoms with van der Waals surface area (Å²) >= 11 is 1.45. The second kappa shape index (κ2) is 5.95. The molecule has 18 heavy (non-hydrogen) atoms. The second-order valence-corrected chi connectivity index (χ2v) is 6.05. The Morgan fingerprint density at radius 1 is 1.50 bits per heavy atom. The molecule has 6 heteroatoms. The summed E-state index contributed by atoms with van der Waals surface area (Å²) in [5.74, 6) is 0. The molecule has 0 saturated carbocycles. The van der Waals surface area contributed by atoms with E-state index in [0.717, 1.165) is 49.9 Å². The Kier molecular flexibility index (Phi) is 4.53. The molecule has 1 aliphatic rings. The smallest absolute Gasteiger partial charge is 0.134 e. The van der Waals surface area contributed by atoms with Gasteiger partial charge < -0.3 is 10.1 Å². The van der Waals surface area contributed by atoms with Crippen molar-refractivity contribution < 1.29 is 4.74 Å². The van der Waals surface area contributed by atoms with Crippen molar-refractivity contribution >= 4 is 16.5 Å². The quantitative estimate of drug-likeness (QED) is 0.886. The summed E-state index contributed by atoms with van der Waals surface area (Å²) in [7, 11) is 0. The van der Waals surface area contributed by atoms with Crippen LogP contribution in [0, 0.1) is 0 Å². The Morgan fingerprint density at radius 2 is 2.33 bits per heavy atom. The van der Waals surface area contributed by atoms with Crippen molar-refractivity contribution in [3.05, 3.63) is 5.69 Å². The fourth-order valence-electron chi connectivity index (χ4n) is 2.15. The van der Waals surface area contributed by atoms with Crippen LogP contribution < -0.4 is 5.32 Å². The number of nitrogens with one attached hydrogen (secondary N) is 1. The molecule has 102 valence electrons. The summed E-state index contributed by atoms with van der Waals surface area (Å²) in [5, 5.41) is 8.74. The van der Waals surface area contributed by atoms with Gasteiger partial charge in [0.25, 0.3) is 0 Å². The number of anilines is 1. The molecular formula is C12H22N4OS. The van der Waals surface area contributed by atoms with Crippen LogP contribution in [-0.2, 0) is 11.3 Å². The van der Waals surface area contributed by atoms with Gasteiger partial charge in [0.1, 0.15) is 10.7 Å². The van der Waals surface area contributed by atoms with Crippen LogP contribution in [-0.4, -0.2) is 46.3 Å². The molecule has 1 aromatic rings. The molecule has 1 saturated heterocycles. The maximum atomic E-state index is 5.72. The third-order valence-electron chi connectivity index (χ3n) is 2.97. The van der Waals surface area contributed by atoms with Crippen LogP contribution in [0.4, 0.5) is 5.00 Å². The van der Waals surface area contributed by atoms with Crippen molar-refractivity contribution in [2.45, 2.75) is 39.3 Å². The number of morpholine rings is 1. The summed E-state index contributed by atoms with van der Waals surface area (Å²) in [6.07, 6.45) is 1.11. The highest BCUT2D eigenvalue weighted by Gasteiger charge is 2.28. The minimum Gasteiger partial charge on any atom is -0.374 e. The van der Waals surface area contributed by atoms with Gasteiger partial charge >= 0.3 is 0 Å². The van der Waals surface area contributed by atoms with Gasteiger partial charge in [-0.2, -0.15) is 0 Å². The molecule has 1 aliphatic heterocycles. The molecule has 2 heterocycles. The van der Waals surface area contributed by atoms with Gasteiger partial charge in [-0.1, -0.05) is 11.4 Å². The van der Waals surface area contributed by atoms with E-state index in [1.807, 2.05) is 0 Å². The van der Waals surface area contributed by atoms with Gasteiger partial charge in [-0.25, -0.2) is 0 Å². The van der Waals surface area contributed by atoms with Crippen molar-refractivity contribution in [2.75, 3.05) is 31.6 Å². The standard InChI is InChI=1S/C12H22N4OS/c1-4-5-13-11-10(14-15-18-11)8-16-6-7-17-12(2,3)9-16/h13H,4-9H2,1-3H3. The molecule has 1 N–H and O–H groups in total. The van der Waals surface area contributed by atoms with E-state index in [2.05, 4.69) is 40.6 Å². The number of nitrogens with zero attached hydrogens (tertiary/aromatic N) is 3. The Balaban J connectivity index is 1.94. The largest absolute Gasteiger partial charge is 0.374 e. The van der Waals surface area contributed by atoms with Crippen LogP contribution in [0.15, 0.2) is 0 Å². The molecule has 0 amide bonds. The Hall–Kier alpha value is -0.720. The lowest BCUT2D eigenvalue weighted by atomic mass is 10.1. The Morgan fingerprint density at radius 3 is 3.06 bits per heavy atom. The number of hydrogen-bond acceptors (Lipinski definition) is 6. The minimum absolute atomic E-state index is 0.0568. The van der Waals surface area contributed by atoms with E-state index in [0.29, 0.717) is 0 Å². The molecule has 5 nitrogen and oxygen atoms in total. The van der Waals surface area contributed by atoms with E-state index >= 15 is 0 Å². The van der Waals surface area contributed by atoms with Gasteiger partial charge in [0.2, 0.25) is 0 Å². The lowest BCUT2D eigenvalue weighted by molar-refractivity contribution is -0.0884.